The van der Waals surface area contributed by atoms with Gasteiger partial charge < -0.3 is 5.21 Å². The van der Waals surface area contributed by atoms with Crippen LogP contribution in [-0.4, -0.2) is 12.3 Å². The SMILES string of the molecule is C=Cc1ccccc1.CNO. The first-order chi connectivity index (χ1) is 5.35. The van der Waals surface area contributed by atoms with Gasteiger partial charge in [0.05, 0.1) is 0 Å². The molecule has 1 rings (SSSR count). The third-order valence-electron chi connectivity index (χ3n) is 1.04. The van der Waals surface area contributed by atoms with Crippen LogP contribution in [0.15, 0.2) is 36.9 Å². The largest absolute Gasteiger partial charge is 0.317 e. The minimum absolute atomic E-state index is 1.17. The standard InChI is InChI=1S/C8H8.CH5NO/c1-2-8-6-4-3-5-7-8;1-2-3/h2-7H,1H2;2-3H,1H3. The van der Waals surface area contributed by atoms with Crippen LogP contribution >= 0.6 is 0 Å². The maximum absolute atomic E-state index is 7.32. The zero-order chi connectivity index (χ0) is 8.53. The molecule has 0 amide bonds. The molecule has 11 heavy (non-hydrogen) atoms. The highest BCUT2D eigenvalue weighted by Gasteiger charge is 1.75. The highest BCUT2D eigenvalue weighted by atomic mass is 16.5. The summed E-state index contributed by atoms with van der Waals surface area (Å²) in [7, 11) is 1.43. The molecule has 2 heteroatoms. The van der Waals surface area contributed by atoms with Gasteiger partial charge >= 0.3 is 0 Å². The van der Waals surface area contributed by atoms with Crippen LogP contribution in [0.25, 0.3) is 6.08 Å². The molecule has 0 unspecified atom stereocenters. The van der Waals surface area contributed by atoms with Gasteiger partial charge in [-0.2, -0.15) is 0 Å². The van der Waals surface area contributed by atoms with Gasteiger partial charge in [-0.15, -0.1) is 0 Å². The molecule has 0 radical (unpaired) electrons. The summed E-state index contributed by atoms with van der Waals surface area (Å²) in [5, 5.41) is 7.32. The van der Waals surface area contributed by atoms with Crippen molar-refractivity contribution in [3.05, 3.63) is 42.5 Å². The Morgan fingerprint density at radius 3 is 2.09 bits per heavy atom. The first-order valence-electron chi connectivity index (χ1n) is 3.33. The van der Waals surface area contributed by atoms with E-state index < -0.39 is 0 Å². The molecule has 0 heterocycles. The first kappa shape index (κ1) is 9.88. The van der Waals surface area contributed by atoms with Gasteiger partial charge in [0.2, 0.25) is 0 Å². The fourth-order valence-electron chi connectivity index (χ4n) is 0.589. The topological polar surface area (TPSA) is 32.3 Å². The molecule has 0 spiro atoms. The smallest absolute Gasteiger partial charge is 0.00929 e. The number of rotatable bonds is 1. The molecule has 0 aliphatic heterocycles. The van der Waals surface area contributed by atoms with Crippen molar-refractivity contribution >= 4 is 6.08 Å². The molecule has 60 valence electrons. The maximum Gasteiger partial charge on any atom is 0.00929 e. The van der Waals surface area contributed by atoms with E-state index in [1.54, 1.807) is 5.48 Å². The molecule has 2 nitrogen and oxygen atoms in total. The van der Waals surface area contributed by atoms with Gasteiger partial charge in [-0.3, -0.25) is 0 Å². The van der Waals surface area contributed by atoms with Crippen LogP contribution in [0.4, 0.5) is 0 Å². The van der Waals surface area contributed by atoms with Crippen molar-refractivity contribution in [2.45, 2.75) is 0 Å². The Kier molecular flexibility index (Phi) is 6.28. The molecule has 0 saturated carbocycles. The molecule has 0 bridgehead atoms. The van der Waals surface area contributed by atoms with E-state index in [1.807, 2.05) is 36.4 Å². The lowest BCUT2D eigenvalue weighted by molar-refractivity contribution is 0.194. The second kappa shape index (κ2) is 6.99. The summed E-state index contributed by atoms with van der Waals surface area (Å²) in [5.74, 6) is 0. The maximum atomic E-state index is 7.32. The quantitative estimate of drug-likeness (QED) is 0.601. The molecular weight excluding hydrogens is 138 g/mol. The average molecular weight is 151 g/mol. The summed E-state index contributed by atoms with van der Waals surface area (Å²) in [5.41, 5.74) is 2.92. The summed E-state index contributed by atoms with van der Waals surface area (Å²) in [6.07, 6.45) is 1.83. The van der Waals surface area contributed by atoms with Gasteiger partial charge in [0.1, 0.15) is 0 Å². The predicted octanol–water partition coefficient (Wildman–Crippen LogP) is 1.92. The minimum atomic E-state index is 1.17. The summed E-state index contributed by atoms with van der Waals surface area (Å²) in [4.78, 5) is 0. The zero-order valence-electron chi connectivity index (χ0n) is 6.62. The average Bonchev–Trinajstić information content (AvgIpc) is 2.08. The van der Waals surface area contributed by atoms with E-state index in [0.29, 0.717) is 0 Å². The second-order valence-corrected chi connectivity index (χ2v) is 1.84. The second-order valence-electron chi connectivity index (χ2n) is 1.84. The van der Waals surface area contributed by atoms with Crippen molar-refractivity contribution in [3.8, 4) is 0 Å². The van der Waals surface area contributed by atoms with E-state index in [2.05, 4.69) is 6.58 Å². The summed E-state index contributed by atoms with van der Waals surface area (Å²) in [6, 6.07) is 10.0. The van der Waals surface area contributed by atoms with Crippen molar-refractivity contribution in [1.82, 2.24) is 5.48 Å². The molecule has 1 aromatic rings. The summed E-state index contributed by atoms with van der Waals surface area (Å²) < 4.78 is 0. The fraction of sp³-hybridized carbons (Fsp3) is 0.111. The van der Waals surface area contributed by atoms with Gasteiger partial charge in [0.15, 0.2) is 0 Å². The number of hydrogen-bond acceptors (Lipinski definition) is 2. The third-order valence-corrected chi connectivity index (χ3v) is 1.04. The molecule has 0 fully saturated rings. The van der Waals surface area contributed by atoms with E-state index in [9.17, 15) is 0 Å². The third kappa shape index (κ3) is 5.33. The number of benzene rings is 1. The molecule has 0 aliphatic carbocycles. The van der Waals surface area contributed by atoms with Crippen molar-refractivity contribution in [3.63, 3.8) is 0 Å². The van der Waals surface area contributed by atoms with Crippen LogP contribution in [0.3, 0.4) is 0 Å². The molecule has 1 aromatic carbocycles. The van der Waals surface area contributed by atoms with Crippen LogP contribution < -0.4 is 5.48 Å². The lowest BCUT2D eigenvalue weighted by Gasteiger charge is -1.85. The Morgan fingerprint density at radius 2 is 1.82 bits per heavy atom. The van der Waals surface area contributed by atoms with Crippen LogP contribution in [-0.2, 0) is 0 Å². The van der Waals surface area contributed by atoms with Crippen molar-refractivity contribution < 1.29 is 5.21 Å². The normalized spacial score (nSPS) is 7.82. The number of nitrogens with one attached hydrogen (secondary N) is 1. The highest BCUT2D eigenvalue weighted by molar-refractivity contribution is 5.45. The molecule has 2 N–H and O–H groups in total. The van der Waals surface area contributed by atoms with Crippen LogP contribution in [0, 0.1) is 0 Å². The molecule has 0 aromatic heterocycles. The van der Waals surface area contributed by atoms with Crippen molar-refractivity contribution in [1.29, 1.82) is 0 Å². The van der Waals surface area contributed by atoms with E-state index in [1.165, 1.54) is 12.6 Å². The van der Waals surface area contributed by atoms with E-state index >= 15 is 0 Å². The predicted molar refractivity (Wildman–Crippen MR) is 47.4 cm³/mol. The van der Waals surface area contributed by atoms with E-state index in [4.69, 9.17) is 5.21 Å². The number of hydrogen-bond donors (Lipinski definition) is 2. The van der Waals surface area contributed by atoms with Crippen molar-refractivity contribution in [2.75, 3.05) is 7.05 Å². The van der Waals surface area contributed by atoms with Crippen LogP contribution in [0.2, 0.25) is 0 Å². The Morgan fingerprint density at radius 1 is 1.36 bits per heavy atom. The number of hydroxylamine groups is 1. The summed E-state index contributed by atoms with van der Waals surface area (Å²) >= 11 is 0. The van der Waals surface area contributed by atoms with E-state index in [-0.39, 0.29) is 0 Å². The first-order valence-corrected chi connectivity index (χ1v) is 3.33. The molecular formula is C9H13NO. The monoisotopic (exact) mass is 151 g/mol. The van der Waals surface area contributed by atoms with Gasteiger partial charge in [-0.1, -0.05) is 43.0 Å². The molecule has 0 aliphatic rings. The Hall–Kier alpha value is -1.12. The highest BCUT2D eigenvalue weighted by Crippen LogP contribution is 1.97. The lowest BCUT2D eigenvalue weighted by atomic mass is 10.2. The van der Waals surface area contributed by atoms with Crippen molar-refractivity contribution in [2.24, 2.45) is 0 Å². The Bertz CT molecular complexity index is 184. The van der Waals surface area contributed by atoms with E-state index in [0.717, 1.165) is 0 Å². The van der Waals surface area contributed by atoms with Gasteiger partial charge in [-0.25, -0.2) is 5.48 Å². The fourth-order valence-corrected chi connectivity index (χ4v) is 0.589. The minimum Gasteiger partial charge on any atom is -0.317 e. The van der Waals surface area contributed by atoms with Gasteiger partial charge in [-0.05, 0) is 5.56 Å². The Balaban J connectivity index is 0.000000292. The summed E-state index contributed by atoms with van der Waals surface area (Å²) in [6.45, 7) is 3.63. The van der Waals surface area contributed by atoms with Gasteiger partial charge in [0.25, 0.3) is 0 Å². The molecule has 0 saturated heterocycles. The van der Waals surface area contributed by atoms with Crippen LogP contribution in [0.1, 0.15) is 5.56 Å². The molecule has 0 atom stereocenters. The lowest BCUT2D eigenvalue weighted by Crippen LogP contribution is -1.91. The zero-order valence-corrected chi connectivity index (χ0v) is 6.62. The van der Waals surface area contributed by atoms with Crippen LogP contribution in [0.5, 0.6) is 0 Å². The Labute approximate surface area is 67.1 Å². The van der Waals surface area contributed by atoms with Gasteiger partial charge in [0, 0.05) is 7.05 Å².